The van der Waals surface area contributed by atoms with Gasteiger partial charge in [-0.1, -0.05) is 26.0 Å². The second-order valence-electron chi connectivity index (χ2n) is 5.67. The molecule has 0 spiro atoms. The SMILES string of the molecule is COc1ccc(C(CN2CCNCC2)C(C)C)cc1. The molecule has 1 atom stereocenters. The van der Waals surface area contributed by atoms with Gasteiger partial charge in [0.1, 0.15) is 5.75 Å². The summed E-state index contributed by atoms with van der Waals surface area (Å²) in [4.78, 5) is 2.57. The molecule has 1 heterocycles. The Labute approximate surface area is 116 Å². The van der Waals surface area contributed by atoms with Gasteiger partial charge in [-0.3, -0.25) is 0 Å². The van der Waals surface area contributed by atoms with Crippen LogP contribution in [0.3, 0.4) is 0 Å². The first-order chi connectivity index (χ1) is 9.20. The van der Waals surface area contributed by atoms with Crippen molar-refractivity contribution in [2.24, 2.45) is 5.92 Å². The molecule has 1 aliphatic rings. The summed E-state index contributed by atoms with van der Waals surface area (Å²) >= 11 is 0. The van der Waals surface area contributed by atoms with Gasteiger partial charge in [-0.15, -0.1) is 0 Å². The van der Waals surface area contributed by atoms with Gasteiger partial charge in [-0.2, -0.15) is 0 Å². The maximum atomic E-state index is 5.24. The number of methoxy groups -OCH3 is 1. The number of rotatable bonds is 5. The van der Waals surface area contributed by atoms with Gasteiger partial charge in [0.05, 0.1) is 7.11 Å². The lowest BCUT2D eigenvalue weighted by Gasteiger charge is -2.32. The molecule has 106 valence electrons. The van der Waals surface area contributed by atoms with E-state index in [1.807, 2.05) is 0 Å². The molecular weight excluding hydrogens is 236 g/mol. The summed E-state index contributed by atoms with van der Waals surface area (Å²) in [5, 5.41) is 3.41. The molecule has 1 aromatic rings. The highest BCUT2D eigenvalue weighted by Crippen LogP contribution is 2.27. The normalized spacial score (nSPS) is 18.5. The fourth-order valence-corrected chi connectivity index (χ4v) is 2.72. The molecule has 0 saturated carbocycles. The molecule has 0 aromatic heterocycles. The molecule has 0 amide bonds. The lowest BCUT2D eigenvalue weighted by molar-refractivity contribution is 0.212. The second kappa shape index (κ2) is 6.92. The number of benzene rings is 1. The molecule has 2 rings (SSSR count). The van der Waals surface area contributed by atoms with E-state index in [1.54, 1.807) is 7.11 Å². The third kappa shape index (κ3) is 3.95. The fraction of sp³-hybridized carbons (Fsp3) is 0.625. The summed E-state index contributed by atoms with van der Waals surface area (Å²) < 4.78 is 5.24. The van der Waals surface area contributed by atoms with Crippen LogP contribution in [0, 0.1) is 5.92 Å². The van der Waals surface area contributed by atoms with E-state index in [-0.39, 0.29) is 0 Å². The van der Waals surface area contributed by atoms with Crippen LogP contribution < -0.4 is 10.1 Å². The summed E-state index contributed by atoms with van der Waals surface area (Å²) in [6.45, 7) is 10.4. The molecule has 1 aromatic carbocycles. The third-order valence-electron chi connectivity index (χ3n) is 4.01. The van der Waals surface area contributed by atoms with Crippen LogP contribution in [0.15, 0.2) is 24.3 Å². The predicted octanol–water partition coefficient (Wildman–Crippen LogP) is 2.34. The smallest absolute Gasteiger partial charge is 0.118 e. The monoisotopic (exact) mass is 262 g/mol. The second-order valence-corrected chi connectivity index (χ2v) is 5.67. The van der Waals surface area contributed by atoms with Gasteiger partial charge >= 0.3 is 0 Å². The molecule has 1 fully saturated rings. The zero-order chi connectivity index (χ0) is 13.7. The van der Waals surface area contributed by atoms with Crippen molar-refractivity contribution in [3.8, 4) is 5.75 Å². The Bertz CT molecular complexity index is 369. The summed E-state index contributed by atoms with van der Waals surface area (Å²) in [5.41, 5.74) is 1.43. The van der Waals surface area contributed by atoms with Crippen molar-refractivity contribution in [2.45, 2.75) is 19.8 Å². The van der Waals surface area contributed by atoms with Gasteiger partial charge in [0.15, 0.2) is 0 Å². The van der Waals surface area contributed by atoms with Crippen LogP contribution in [0.2, 0.25) is 0 Å². The molecule has 1 aliphatic heterocycles. The van der Waals surface area contributed by atoms with E-state index in [0.717, 1.165) is 25.4 Å². The van der Waals surface area contributed by atoms with Gasteiger partial charge in [0, 0.05) is 32.7 Å². The fourth-order valence-electron chi connectivity index (χ4n) is 2.72. The van der Waals surface area contributed by atoms with Gasteiger partial charge in [0.2, 0.25) is 0 Å². The van der Waals surface area contributed by atoms with Crippen LogP contribution in [0.5, 0.6) is 5.75 Å². The first kappa shape index (κ1) is 14.4. The Morgan fingerprint density at radius 2 is 1.79 bits per heavy atom. The summed E-state index contributed by atoms with van der Waals surface area (Å²) in [7, 11) is 1.72. The van der Waals surface area contributed by atoms with E-state index in [1.165, 1.54) is 18.7 Å². The highest BCUT2D eigenvalue weighted by Gasteiger charge is 2.20. The Morgan fingerprint density at radius 3 is 2.32 bits per heavy atom. The van der Waals surface area contributed by atoms with Crippen LogP contribution in [-0.2, 0) is 0 Å². The van der Waals surface area contributed by atoms with Gasteiger partial charge < -0.3 is 15.0 Å². The molecule has 1 N–H and O–H groups in total. The Kier molecular flexibility index (Phi) is 5.23. The quantitative estimate of drug-likeness (QED) is 0.881. The maximum Gasteiger partial charge on any atom is 0.118 e. The van der Waals surface area contributed by atoms with Gasteiger partial charge in [-0.25, -0.2) is 0 Å². The van der Waals surface area contributed by atoms with Gasteiger partial charge in [-0.05, 0) is 29.5 Å². The van der Waals surface area contributed by atoms with Crippen LogP contribution in [0.4, 0.5) is 0 Å². The van der Waals surface area contributed by atoms with Crippen molar-refractivity contribution in [3.05, 3.63) is 29.8 Å². The maximum absolute atomic E-state index is 5.24. The van der Waals surface area contributed by atoms with E-state index < -0.39 is 0 Å². The molecule has 19 heavy (non-hydrogen) atoms. The van der Waals surface area contributed by atoms with Crippen LogP contribution in [0.25, 0.3) is 0 Å². The third-order valence-corrected chi connectivity index (χ3v) is 4.01. The minimum atomic E-state index is 0.601. The zero-order valence-corrected chi connectivity index (χ0v) is 12.4. The lowest BCUT2D eigenvalue weighted by Crippen LogP contribution is -2.45. The van der Waals surface area contributed by atoms with Crippen molar-refractivity contribution < 1.29 is 4.74 Å². The Balaban J connectivity index is 2.05. The molecule has 0 radical (unpaired) electrons. The van der Waals surface area contributed by atoms with Crippen molar-refractivity contribution in [1.29, 1.82) is 0 Å². The highest BCUT2D eigenvalue weighted by atomic mass is 16.5. The first-order valence-electron chi connectivity index (χ1n) is 7.27. The van der Waals surface area contributed by atoms with E-state index >= 15 is 0 Å². The predicted molar refractivity (Wildman–Crippen MR) is 79.9 cm³/mol. The number of piperazine rings is 1. The minimum Gasteiger partial charge on any atom is -0.497 e. The zero-order valence-electron chi connectivity index (χ0n) is 12.4. The molecule has 3 heteroatoms. The molecule has 1 unspecified atom stereocenters. The average Bonchev–Trinajstić information content (AvgIpc) is 2.46. The van der Waals surface area contributed by atoms with Crippen molar-refractivity contribution in [2.75, 3.05) is 39.8 Å². The van der Waals surface area contributed by atoms with E-state index in [0.29, 0.717) is 11.8 Å². The summed E-state index contributed by atoms with van der Waals surface area (Å²) in [5.74, 6) is 2.20. The molecule has 3 nitrogen and oxygen atoms in total. The first-order valence-corrected chi connectivity index (χ1v) is 7.27. The largest absolute Gasteiger partial charge is 0.497 e. The van der Waals surface area contributed by atoms with Crippen LogP contribution in [0.1, 0.15) is 25.3 Å². The van der Waals surface area contributed by atoms with Crippen LogP contribution in [-0.4, -0.2) is 44.7 Å². The molecular formula is C16H26N2O. The van der Waals surface area contributed by atoms with Crippen molar-refractivity contribution >= 4 is 0 Å². The summed E-state index contributed by atoms with van der Waals surface area (Å²) in [6.07, 6.45) is 0. The van der Waals surface area contributed by atoms with Crippen molar-refractivity contribution in [1.82, 2.24) is 10.2 Å². The number of nitrogens with zero attached hydrogens (tertiary/aromatic N) is 1. The molecule has 1 saturated heterocycles. The topological polar surface area (TPSA) is 24.5 Å². The minimum absolute atomic E-state index is 0.601. The number of ether oxygens (including phenoxy) is 1. The molecule has 0 bridgehead atoms. The number of hydrogen-bond acceptors (Lipinski definition) is 3. The van der Waals surface area contributed by atoms with E-state index in [2.05, 4.69) is 48.3 Å². The number of nitrogens with one attached hydrogen (secondary N) is 1. The Hall–Kier alpha value is -1.06. The average molecular weight is 262 g/mol. The summed E-state index contributed by atoms with van der Waals surface area (Å²) in [6, 6.07) is 8.57. The number of hydrogen-bond donors (Lipinski definition) is 1. The highest BCUT2D eigenvalue weighted by molar-refractivity contribution is 5.29. The standard InChI is InChI=1S/C16H26N2O/c1-13(2)16(12-18-10-8-17-9-11-18)14-4-6-15(19-3)7-5-14/h4-7,13,16-17H,8-12H2,1-3H3. The molecule has 0 aliphatic carbocycles. The van der Waals surface area contributed by atoms with Crippen molar-refractivity contribution in [3.63, 3.8) is 0 Å². The van der Waals surface area contributed by atoms with Crippen LogP contribution >= 0.6 is 0 Å². The van der Waals surface area contributed by atoms with E-state index in [9.17, 15) is 0 Å². The van der Waals surface area contributed by atoms with E-state index in [4.69, 9.17) is 4.74 Å². The lowest BCUT2D eigenvalue weighted by atomic mass is 9.87. The van der Waals surface area contributed by atoms with Gasteiger partial charge in [0.25, 0.3) is 0 Å². The Morgan fingerprint density at radius 1 is 1.16 bits per heavy atom.